The van der Waals surface area contributed by atoms with Crippen LogP contribution in [0.15, 0.2) is 18.2 Å². The molecule has 1 saturated heterocycles. The highest BCUT2D eigenvalue weighted by Crippen LogP contribution is 2.28. The van der Waals surface area contributed by atoms with Crippen molar-refractivity contribution in [1.29, 1.82) is 0 Å². The zero-order chi connectivity index (χ0) is 16.7. The van der Waals surface area contributed by atoms with Crippen LogP contribution in [0, 0.1) is 5.92 Å². The van der Waals surface area contributed by atoms with Crippen LogP contribution in [0.25, 0.3) is 0 Å². The molecule has 1 fully saturated rings. The maximum absolute atomic E-state index is 5.65. The second-order valence-electron chi connectivity index (χ2n) is 6.60. The quantitative estimate of drug-likeness (QED) is 0.757. The van der Waals surface area contributed by atoms with Crippen LogP contribution in [0.2, 0.25) is 0 Å². The second-order valence-corrected chi connectivity index (χ2v) is 6.60. The predicted octanol–water partition coefficient (Wildman–Crippen LogP) is 3.30. The van der Waals surface area contributed by atoms with E-state index < -0.39 is 0 Å². The van der Waals surface area contributed by atoms with Gasteiger partial charge < -0.3 is 14.8 Å². The van der Waals surface area contributed by atoms with E-state index in [1.165, 1.54) is 31.5 Å². The van der Waals surface area contributed by atoms with Crippen LogP contribution < -0.4 is 14.8 Å². The molecule has 0 radical (unpaired) electrons. The lowest BCUT2D eigenvalue weighted by Gasteiger charge is -2.31. The van der Waals surface area contributed by atoms with Crippen LogP contribution in [-0.4, -0.2) is 44.3 Å². The van der Waals surface area contributed by atoms with Crippen molar-refractivity contribution in [2.24, 2.45) is 5.92 Å². The standard InChI is InChI=1S/C19H32N2O2/c1-5-23-19-12-16(8-9-18(19)22-4)13-20-14-17(15(2)3)21-10-6-7-11-21/h8-9,12,15,17,20H,5-7,10-11,13-14H2,1-4H3. The maximum Gasteiger partial charge on any atom is 0.161 e. The minimum atomic E-state index is 0.627. The fourth-order valence-electron chi connectivity index (χ4n) is 3.32. The summed E-state index contributed by atoms with van der Waals surface area (Å²) in [6.45, 7) is 11.7. The first-order valence-electron chi connectivity index (χ1n) is 8.90. The Morgan fingerprint density at radius 3 is 2.52 bits per heavy atom. The summed E-state index contributed by atoms with van der Waals surface area (Å²) in [5.74, 6) is 2.30. The number of hydrogen-bond acceptors (Lipinski definition) is 4. The summed E-state index contributed by atoms with van der Waals surface area (Å²) in [6.07, 6.45) is 2.69. The van der Waals surface area contributed by atoms with E-state index in [4.69, 9.17) is 9.47 Å². The lowest BCUT2D eigenvalue weighted by Crippen LogP contribution is -2.44. The van der Waals surface area contributed by atoms with E-state index in [-0.39, 0.29) is 0 Å². The number of methoxy groups -OCH3 is 1. The molecule has 0 bridgehead atoms. The van der Waals surface area contributed by atoms with Crippen LogP contribution in [0.3, 0.4) is 0 Å². The molecule has 1 atom stereocenters. The zero-order valence-corrected chi connectivity index (χ0v) is 15.1. The highest BCUT2D eigenvalue weighted by Gasteiger charge is 2.24. The number of hydrogen-bond donors (Lipinski definition) is 1. The normalized spacial score (nSPS) is 16.7. The van der Waals surface area contributed by atoms with Gasteiger partial charge in [0.05, 0.1) is 13.7 Å². The van der Waals surface area contributed by atoms with Gasteiger partial charge in [0.15, 0.2) is 11.5 Å². The smallest absolute Gasteiger partial charge is 0.161 e. The van der Waals surface area contributed by atoms with Crippen molar-refractivity contribution in [2.75, 3.05) is 33.4 Å². The molecule has 4 heteroatoms. The fourth-order valence-corrected chi connectivity index (χ4v) is 3.32. The van der Waals surface area contributed by atoms with E-state index >= 15 is 0 Å². The van der Waals surface area contributed by atoms with Gasteiger partial charge in [-0.15, -0.1) is 0 Å². The van der Waals surface area contributed by atoms with Crippen LogP contribution >= 0.6 is 0 Å². The minimum Gasteiger partial charge on any atom is -0.493 e. The Hall–Kier alpha value is -1.26. The van der Waals surface area contributed by atoms with Crippen molar-refractivity contribution in [2.45, 2.75) is 46.2 Å². The molecule has 130 valence electrons. The lowest BCUT2D eigenvalue weighted by molar-refractivity contribution is 0.186. The van der Waals surface area contributed by atoms with Gasteiger partial charge in [0.1, 0.15) is 0 Å². The summed E-state index contributed by atoms with van der Waals surface area (Å²) in [5.41, 5.74) is 1.23. The van der Waals surface area contributed by atoms with Gasteiger partial charge in [-0.05, 0) is 56.5 Å². The first-order valence-corrected chi connectivity index (χ1v) is 8.90. The zero-order valence-electron chi connectivity index (χ0n) is 15.1. The van der Waals surface area contributed by atoms with Gasteiger partial charge in [-0.25, -0.2) is 0 Å². The molecule has 0 amide bonds. The van der Waals surface area contributed by atoms with Crippen molar-refractivity contribution in [3.8, 4) is 11.5 Å². The molecule has 0 saturated carbocycles. The molecule has 23 heavy (non-hydrogen) atoms. The third-order valence-corrected chi connectivity index (χ3v) is 4.59. The van der Waals surface area contributed by atoms with Crippen molar-refractivity contribution in [3.63, 3.8) is 0 Å². The summed E-state index contributed by atoms with van der Waals surface area (Å²) < 4.78 is 11.0. The Morgan fingerprint density at radius 2 is 1.91 bits per heavy atom. The number of ether oxygens (including phenoxy) is 2. The van der Waals surface area contributed by atoms with Gasteiger partial charge in [-0.2, -0.15) is 0 Å². The van der Waals surface area contributed by atoms with Crippen LogP contribution in [0.4, 0.5) is 0 Å². The minimum absolute atomic E-state index is 0.627. The van der Waals surface area contributed by atoms with Crippen molar-refractivity contribution < 1.29 is 9.47 Å². The second kappa shape index (κ2) is 9.14. The molecule has 1 aliphatic heterocycles. The number of rotatable bonds is 9. The van der Waals surface area contributed by atoms with Crippen LogP contribution in [0.1, 0.15) is 39.2 Å². The first kappa shape index (κ1) is 18.1. The van der Waals surface area contributed by atoms with Gasteiger partial charge in [-0.3, -0.25) is 4.90 Å². The number of nitrogens with zero attached hydrogens (tertiary/aromatic N) is 1. The number of nitrogens with one attached hydrogen (secondary N) is 1. The Bertz CT molecular complexity index is 470. The number of benzene rings is 1. The fraction of sp³-hybridized carbons (Fsp3) is 0.684. The molecule has 1 aromatic rings. The van der Waals surface area contributed by atoms with Crippen LogP contribution in [0.5, 0.6) is 11.5 Å². The van der Waals surface area contributed by atoms with E-state index in [1.807, 2.05) is 13.0 Å². The Kier molecular flexibility index (Phi) is 7.18. The third kappa shape index (κ3) is 5.11. The Morgan fingerprint density at radius 1 is 1.17 bits per heavy atom. The highest BCUT2D eigenvalue weighted by molar-refractivity contribution is 5.42. The molecule has 1 heterocycles. The molecule has 4 nitrogen and oxygen atoms in total. The first-order chi connectivity index (χ1) is 11.2. The van der Waals surface area contributed by atoms with Crippen molar-refractivity contribution in [3.05, 3.63) is 23.8 Å². The molecular formula is C19H32N2O2. The Balaban J connectivity index is 1.90. The molecule has 0 spiro atoms. The molecular weight excluding hydrogens is 288 g/mol. The van der Waals surface area contributed by atoms with Crippen molar-refractivity contribution in [1.82, 2.24) is 10.2 Å². The SMILES string of the molecule is CCOc1cc(CNCC(C(C)C)N2CCCC2)ccc1OC. The molecule has 1 N–H and O–H groups in total. The summed E-state index contributed by atoms with van der Waals surface area (Å²) in [6, 6.07) is 6.80. The summed E-state index contributed by atoms with van der Waals surface area (Å²) in [4.78, 5) is 2.64. The van der Waals surface area contributed by atoms with E-state index in [1.54, 1.807) is 7.11 Å². The lowest BCUT2D eigenvalue weighted by atomic mass is 10.0. The average Bonchev–Trinajstić information content (AvgIpc) is 3.06. The van der Waals surface area contributed by atoms with Crippen molar-refractivity contribution >= 4 is 0 Å². The van der Waals surface area contributed by atoms with Gasteiger partial charge >= 0.3 is 0 Å². The molecule has 0 aliphatic carbocycles. The van der Waals surface area contributed by atoms with E-state index in [0.717, 1.165) is 24.6 Å². The van der Waals surface area contributed by atoms with Gasteiger partial charge in [0.25, 0.3) is 0 Å². The number of likely N-dealkylation sites (tertiary alicyclic amines) is 1. The van der Waals surface area contributed by atoms with Gasteiger partial charge in [0.2, 0.25) is 0 Å². The van der Waals surface area contributed by atoms with Crippen LogP contribution in [-0.2, 0) is 6.54 Å². The average molecular weight is 320 g/mol. The molecule has 0 aromatic heterocycles. The van der Waals surface area contributed by atoms with E-state index in [0.29, 0.717) is 18.6 Å². The summed E-state index contributed by atoms with van der Waals surface area (Å²) >= 11 is 0. The topological polar surface area (TPSA) is 33.7 Å². The maximum atomic E-state index is 5.65. The highest BCUT2D eigenvalue weighted by atomic mass is 16.5. The van der Waals surface area contributed by atoms with Gasteiger partial charge in [-0.1, -0.05) is 19.9 Å². The van der Waals surface area contributed by atoms with E-state index in [9.17, 15) is 0 Å². The van der Waals surface area contributed by atoms with E-state index in [2.05, 4.69) is 36.2 Å². The molecule has 1 unspecified atom stereocenters. The monoisotopic (exact) mass is 320 g/mol. The largest absolute Gasteiger partial charge is 0.493 e. The predicted molar refractivity (Wildman–Crippen MR) is 95.3 cm³/mol. The van der Waals surface area contributed by atoms with Gasteiger partial charge in [0, 0.05) is 19.1 Å². The molecule has 1 aromatic carbocycles. The molecule has 2 rings (SSSR count). The summed E-state index contributed by atoms with van der Waals surface area (Å²) in [7, 11) is 1.68. The third-order valence-electron chi connectivity index (χ3n) is 4.59. The summed E-state index contributed by atoms with van der Waals surface area (Å²) in [5, 5.41) is 3.63. The molecule has 1 aliphatic rings. The Labute approximate surface area is 141 Å².